The predicted molar refractivity (Wildman–Crippen MR) is 128 cm³/mol. The fourth-order valence-electron chi connectivity index (χ4n) is 3.76. The summed E-state index contributed by atoms with van der Waals surface area (Å²) in [7, 11) is 2.14. The molecular weight excluding hydrogens is 438 g/mol. The number of piperazine rings is 1. The van der Waals surface area contributed by atoms with Crippen molar-refractivity contribution in [2.24, 2.45) is 21.2 Å². The lowest BCUT2D eigenvalue weighted by Gasteiger charge is -2.32. The number of nitrogen functional groups attached to an aromatic ring is 1. The van der Waals surface area contributed by atoms with Crippen molar-refractivity contribution in [1.82, 2.24) is 14.8 Å². The molecule has 0 saturated carbocycles. The van der Waals surface area contributed by atoms with Crippen molar-refractivity contribution in [2.75, 3.05) is 39.0 Å². The maximum Gasteiger partial charge on any atom is 0.187 e. The molecular formula is C24H26F2N8. The van der Waals surface area contributed by atoms with Crippen LogP contribution in [0.3, 0.4) is 0 Å². The Balaban J connectivity index is 1.61. The van der Waals surface area contributed by atoms with E-state index in [2.05, 4.69) is 49.3 Å². The number of anilines is 1. The number of amidine groups is 1. The predicted octanol–water partition coefficient (Wildman–Crippen LogP) is 3.76. The van der Waals surface area contributed by atoms with Gasteiger partial charge in [-0.25, -0.2) is 18.8 Å². The van der Waals surface area contributed by atoms with Crippen LogP contribution in [-0.2, 0) is 6.54 Å². The average molecular weight is 465 g/mol. The summed E-state index contributed by atoms with van der Waals surface area (Å²) in [5, 5.41) is 7.04. The summed E-state index contributed by atoms with van der Waals surface area (Å²) in [6.07, 6.45) is 1.63. The van der Waals surface area contributed by atoms with Crippen molar-refractivity contribution in [1.29, 1.82) is 0 Å². The minimum Gasteiger partial charge on any atom is -0.383 e. The molecule has 0 radical (unpaired) electrons. The number of nitrogens with zero attached hydrogens (tertiary/aromatic N) is 6. The molecule has 1 saturated heterocycles. The lowest BCUT2D eigenvalue weighted by Crippen LogP contribution is -2.43. The van der Waals surface area contributed by atoms with Crippen LogP contribution in [-0.4, -0.2) is 53.8 Å². The standard InChI is InChI=1S/C24H26F2N8/c1-33-9-11-34(12-10-33)15-16-5-7-17(8-6-16)18-13-19(23(27)29-14-18)24(31-32-28)30-21-4-2-3-20(25)22(21)26/h2-8,13-14H,9-12,15H2,1H3,(H2,27,29)(H2,28,30,31). The highest BCUT2D eigenvalue weighted by Crippen LogP contribution is 2.26. The van der Waals surface area contributed by atoms with Crippen molar-refractivity contribution in [2.45, 2.75) is 6.54 Å². The SMILES string of the molecule is CN1CCN(Cc2ccc(-c3cnc(N)c(C(N=NN)=Nc4cccc(F)c4F)c3)cc2)CC1. The molecule has 1 aliphatic rings. The topological polar surface area (TPSA) is 108 Å². The number of halogens is 2. The fourth-order valence-corrected chi connectivity index (χ4v) is 3.76. The number of pyridine rings is 1. The number of hydrogen-bond donors (Lipinski definition) is 2. The molecule has 1 aromatic heterocycles. The van der Waals surface area contributed by atoms with E-state index in [1.807, 2.05) is 12.1 Å². The van der Waals surface area contributed by atoms with Gasteiger partial charge in [-0.1, -0.05) is 35.6 Å². The second kappa shape index (κ2) is 10.4. The lowest BCUT2D eigenvalue weighted by atomic mass is 10.0. The molecule has 1 fully saturated rings. The van der Waals surface area contributed by atoms with Crippen molar-refractivity contribution >= 4 is 17.3 Å². The molecule has 2 aromatic carbocycles. The minimum absolute atomic E-state index is 0.0782. The number of hydrogen-bond acceptors (Lipinski definition) is 6. The molecule has 0 unspecified atom stereocenters. The summed E-state index contributed by atoms with van der Waals surface area (Å²) in [6, 6.07) is 13.6. The minimum atomic E-state index is -1.11. The van der Waals surface area contributed by atoms with Gasteiger partial charge in [0.25, 0.3) is 0 Å². The fraction of sp³-hybridized carbons (Fsp3) is 0.250. The Morgan fingerprint density at radius 2 is 1.76 bits per heavy atom. The highest BCUT2D eigenvalue weighted by Gasteiger charge is 2.16. The first-order valence-corrected chi connectivity index (χ1v) is 10.8. The molecule has 0 atom stereocenters. The number of nitrogens with two attached hydrogens (primary N) is 2. The molecule has 2 heterocycles. The summed E-state index contributed by atoms with van der Waals surface area (Å²) in [6.45, 7) is 5.13. The number of aliphatic imine (C=N–C) groups is 1. The van der Waals surface area contributed by atoms with E-state index in [1.165, 1.54) is 17.7 Å². The van der Waals surface area contributed by atoms with Crippen molar-refractivity contribution < 1.29 is 8.78 Å². The van der Waals surface area contributed by atoms with E-state index in [9.17, 15) is 8.78 Å². The molecule has 3 aromatic rings. The average Bonchev–Trinajstić information content (AvgIpc) is 2.84. The van der Waals surface area contributed by atoms with Gasteiger partial charge in [-0.15, -0.1) is 5.11 Å². The maximum absolute atomic E-state index is 14.1. The molecule has 10 heteroatoms. The molecule has 0 amide bonds. The Bertz CT molecular complexity index is 1200. The van der Waals surface area contributed by atoms with E-state index < -0.39 is 11.6 Å². The summed E-state index contributed by atoms with van der Waals surface area (Å²) < 4.78 is 27.8. The van der Waals surface area contributed by atoms with Crippen molar-refractivity contribution in [3.05, 3.63) is 77.5 Å². The van der Waals surface area contributed by atoms with Crippen molar-refractivity contribution in [3.8, 4) is 11.1 Å². The third kappa shape index (κ3) is 5.41. The van der Waals surface area contributed by atoms with E-state index in [0.29, 0.717) is 5.56 Å². The van der Waals surface area contributed by atoms with Gasteiger partial charge in [0.1, 0.15) is 11.5 Å². The van der Waals surface area contributed by atoms with Gasteiger partial charge in [-0.2, -0.15) is 0 Å². The zero-order valence-corrected chi connectivity index (χ0v) is 18.8. The first kappa shape index (κ1) is 23.4. The van der Waals surface area contributed by atoms with Crippen LogP contribution >= 0.6 is 0 Å². The van der Waals surface area contributed by atoms with Gasteiger partial charge < -0.3 is 16.5 Å². The van der Waals surface area contributed by atoms with Gasteiger partial charge in [0, 0.05) is 44.5 Å². The third-order valence-electron chi connectivity index (χ3n) is 5.76. The molecule has 4 N–H and O–H groups in total. The smallest absolute Gasteiger partial charge is 0.187 e. The maximum atomic E-state index is 14.1. The summed E-state index contributed by atoms with van der Waals surface area (Å²) in [4.78, 5) is 13.1. The van der Waals surface area contributed by atoms with Crippen LogP contribution in [0.5, 0.6) is 0 Å². The third-order valence-corrected chi connectivity index (χ3v) is 5.76. The summed E-state index contributed by atoms with van der Waals surface area (Å²) in [5.41, 5.74) is 8.99. The largest absolute Gasteiger partial charge is 0.383 e. The first-order chi connectivity index (χ1) is 16.4. The van der Waals surface area contributed by atoms with Crippen LogP contribution in [0.4, 0.5) is 20.3 Å². The summed E-state index contributed by atoms with van der Waals surface area (Å²) >= 11 is 0. The molecule has 34 heavy (non-hydrogen) atoms. The number of benzene rings is 2. The second-order valence-corrected chi connectivity index (χ2v) is 8.16. The zero-order chi connectivity index (χ0) is 24.1. The Hall–Kier alpha value is -3.76. The Kier molecular flexibility index (Phi) is 7.19. The molecule has 0 bridgehead atoms. The van der Waals surface area contributed by atoms with Gasteiger partial charge >= 0.3 is 0 Å². The van der Waals surface area contributed by atoms with Crippen LogP contribution in [0.1, 0.15) is 11.1 Å². The van der Waals surface area contributed by atoms with Crippen LogP contribution < -0.4 is 11.6 Å². The molecule has 8 nitrogen and oxygen atoms in total. The first-order valence-electron chi connectivity index (χ1n) is 10.8. The van der Waals surface area contributed by atoms with Gasteiger partial charge in [0.15, 0.2) is 17.5 Å². The molecule has 1 aliphatic heterocycles. The Morgan fingerprint density at radius 1 is 1.03 bits per heavy atom. The van der Waals surface area contributed by atoms with Gasteiger partial charge in [-0.05, 0) is 36.4 Å². The summed E-state index contributed by atoms with van der Waals surface area (Å²) in [5.74, 6) is 3.13. The highest BCUT2D eigenvalue weighted by atomic mass is 19.2. The quantitative estimate of drug-likeness (QED) is 0.197. The normalized spacial score (nSPS) is 15.8. The van der Waals surface area contributed by atoms with Gasteiger partial charge in [0.05, 0.1) is 5.56 Å². The van der Waals surface area contributed by atoms with Gasteiger partial charge in [-0.3, -0.25) is 4.90 Å². The monoisotopic (exact) mass is 464 g/mol. The van der Waals surface area contributed by atoms with E-state index >= 15 is 0 Å². The van der Waals surface area contributed by atoms with E-state index in [0.717, 1.165) is 49.9 Å². The Labute approximate surface area is 196 Å². The molecule has 0 spiro atoms. The molecule has 0 aliphatic carbocycles. The lowest BCUT2D eigenvalue weighted by molar-refractivity contribution is 0.148. The molecule has 4 rings (SSSR count). The van der Waals surface area contributed by atoms with Crippen LogP contribution in [0.2, 0.25) is 0 Å². The van der Waals surface area contributed by atoms with Crippen molar-refractivity contribution in [3.63, 3.8) is 0 Å². The van der Waals surface area contributed by atoms with E-state index in [4.69, 9.17) is 11.6 Å². The number of rotatable bonds is 5. The van der Waals surface area contributed by atoms with Crippen LogP contribution in [0.25, 0.3) is 11.1 Å². The Morgan fingerprint density at radius 3 is 2.47 bits per heavy atom. The molecule has 176 valence electrons. The number of aromatic nitrogens is 1. The second-order valence-electron chi connectivity index (χ2n) is 8.16. The highest BCUT2D eigenvalue weighted by molar-refractivity contribution is 6.04. The van der Waals surface area contributed by atoms with E-state index in [-0.39, 0.29) is 17.3 Å². The van der Waals surface area contributed by atoms with Crippen LogP contribution in [0, 0.1) is 11.6 Å². The zero-order valence-electron chi connectivity index (χ0n) is 18.8. The van der Waals surface area contributed by atoms with E-state index in [1.54, 1.807) is 12.3 Å². The van der Waals surface area contributed by atoms with Gasteiger partial charge in [0.2, 0.25) is 0 Å². The number of likely N-dealkylation sites (N-methyl/N-ethyl adjacent to an activating group) is 1. The van der Waals surface area contributed by atoms with Crippen LogP contribution in [0.15, 0.2) is 70.1 Å².